The molecule has 33 heavy (non-hydrogen) atoms. The van der Waals surface area contributed by atoms with E-state index in [4.69, 9.17) is 0 Å². The van der Waals surface area contributed by atoms with Crippen molar-refractivity contribution in [1.82, 2.24) is 14.0 Å². The van der Waals surface area contributed by atoms with E-state index in [1.54, 1.807) is 16.8 Å². The fourth-order valence-electron chi connectivity index (χ4n) is 4.55. The summed E-state index contributed by atoms with van der Waals surface area (Å²) in [5, 5.41) is 1.22. The SMILES string of the molecule is CN1CCc2c(n(C)c3cc(-n4ccc(-c5ccc(C(F)(F)F)cc5)cc4=O)ccc23)C1.Cl. The number of hydrogen-bond donors (Lipinski definition) is 0. The Morgan fingerprint density at radius 2 is 1.64 bits per heavy atom. The minimum absolute atomic E-state index is 0. The van der Waals surface area contributed by atoms with Crippen LogP contribution in [0.25, 0.3) is 27.7 Å². The van der Waals surface area contributed by atoms with Gasteiger partial charge >= 0.3 is 6.18 Å². The molecule has 0 saturated heterocycles. The zero-order valence-corrected chi connectivity index (χ0v) is 19.0. The van der Waals surface area contributed by atoms with Crippen molar-refractivity contribution in [1.29, 1.82) is 0 Å². The van der Waals surface area contributed by atoms with Gasteiger partial charge in [-0.05, 0) is 60.5 Å². The van der Waals surface area contributed by atoms with E-state index in [-0.39, 0.29) is 18.0 Å². The zero-order chi connectivity index (χ0) is 22.6. The third kappa shape index (κ3) is 4.07. The Kier molecular flexibility index (Phi) is 5.88. The van der Waals surface area contributed by atoms with Gasteiger partial charge in [-0.15, -0.1) is 12.4 Å². The van der Waals surface area contributed by atoms with E-state index in [0.29, 0.717) is 11.1 Å². The molecule has 0 amide bonds. The van der Waals surface area contributed by atoms with Crippen LogP contribution in [0.3, 0.4) is 0 Å². The van der Waals surface area contributed by atoms with Gasteiger partial charge in [0.15, 0.2) is 0 Å². The van der Waals surface area contributed by atoms with Crippen molar-refractivity contribution in [3.8, 4) is 16.8 Å². The molecule has 0 fully saturated rings. The lowest BCUT2D eigenvalue weighted by Gasteiger charge is -2.23. The van der Waals surface area contributed by atoms with Crippen LogP contribution < -0.4 is 5.56 Å². The van der Waals surface area contributed by atoms with Gasteiger partial charge in [0.1, 0.15) is 0 Å². The molecule has 3 heterocycles. The first-order valence-electron chi connectivity index (χ1n) is 10.4. The number of fused-ring (bicyclic) bond motifs is 3. The molecule has 0 saturated carbocycles. The molecule has 0 spiro atoms. The van der Waals surface area contributed by atoms with Gasteiger partial charge < -0.3 is 9.47 Å². The number of alkyl halides is 3. The molecule has 2 aromatic carbocycles. The normalized spacial score (nSPS) is 14.2. The smallest absolute Gasteiger partial charge is 0.346 e. The van der Waals surface area contributed by atoms with Crippen molar-refractivity contribution in [2.75, 3.05) is 13.6 Å². The van der Waals surface area contributed by atoms with Crippen LogP contribution in [0.15, 0.2) is 65.6 Å². The number of aromatic nitrogens is 2. The highest BCUT2D eigenvalue weighted by Gasteiger charge is 2.30. The number of benzene rings is 2. The van der Waals surface area contributed by atoms with Crippen molar-refractivity contribution < 1.29 is 13.2 Å². The van der Waals surface area contributed by atoms with Crippen molar-refractivity contribution in [2.45, 2.75) is 19.1 Å². The summed E-state index contributed by atoms with van der Waals surface area (Å²) in [7, 11) is 4.17. The summed E-state index contributed by atoms with van der Waals surface area (Å²) in [5.74, 6) is 0. The maximum Gasteiger partial charge on any atom is 0.416 e. The van der Waals surface area contributed by atoms with Crippen LogP contribution >= 0.6 is 12.4 Å². The van der Waals surface area contributed by atoms with E-state index in [1.165, 1.54) is 34.8 Å². The predicted molar refractivity (Wildman–Crippen MR) is 126 cm³/mol. The molecular weight excluding hydrogens is 451 g/mol. The standard InChI is InChI=1S/C25H22F3N3O.ClH/c1-29-11-10-21-20-8-7-19(14-22(20)30(2)23(21)15-29)31-12-9-17(13-24(31)32)16-3-5-18(6-4-16)25(26,27)28;/h3-9,12-14H,10-11,15H2,1-2H3;1H. The number of aryl methyl sites for hydroxylation is 1. The van der Waals surface area contributed by atoms with E-state index >= 15 is 0 Å². The first-order valence-corrected chi connectivity index (χ1v) is 10.4. The van der Waals surface area contributed by atoms with Gasteiger partial charge in [0.25, 0.3) is 5.56 Å². The van der Waals surface area contributed by atoms with Gasteiger partial charge in [-0.3, -0.25) is 9.36 Å². The van der Waals surface area contributed by atoms with Crippen LogP contribution in [0.2, 0.25) is 0 Å². The largest absolute Gasteiger partial charge is 0.416 e. The highest BCUT2D eigenvalue weighted by molar-refractivity contribution is 5.87. The van der Waals surface area contributed by atoms with E-state index in [9.17, 15) is 18.0 Å². The second-order valence-electron chi connectivity index (χ2n) is 8.37. The molecule has 0 atom stereocenters. The van der Waals surface area contributed by atoms with Crippen LogP contribution in [0.1, 0.15) is 16.8 Å². The van der Waals surface area contributed by atoms with Crippen LogP contribution in [0.5, 0.6) is 0 Å². The second kappa shape index (κ2) is 8.39. The Balaban J connectivity index is 0.00000259. The van der Waals surface area contributed by atoms with Gasteiger partial charge in [-0.25, -0.2) is 0 Å². The molecule has 1 aliphatic rings. The van der Waals surface area contributed by atoms with Gasteiger partial charge in [-0.1, -0.05) is 18.2 Å². The first-order chi connectivity index (χ1) is 15.2. The Morgan fingerprint density at radius 1 is 0.909 bits per heavy atom. The Bertz CT molecular complexity index is 1390. The van der Waals surface area contributed by atoms with Crippen molar-refractivity contribution >= 4 is 23.3 Å². The molecule has 0 N–H and O–H groups in total. The monoisotopic (exact) mass is 473 g/mol. The van der Waals surface area contributed by atoms with Crippen LogP contribution in [0.4, 0.5) is 13.2 Å². The first kappa shape index (κ1) is 23.1. The topological polar surface area (TPSA) is 30.2 Å². The molecule has 4 nitrogen and oxygen atoms in total. The van der Waals surface area contributed by atoms with E-state index in [1.807, 2.05) is 12.1 Å². The lowest BCUT2D eigenvalue weighted by Crippen LogP contribution is -2.27. The summed E-state index contributed by atoms with van der Waals surface area (Å²) < 4.78 is 42.2. The fourth-order valence-corrected chi connectivity index (χ4v) is 4.55. The quantitative estimate of drug-likeness (QED) is 0.389. The van der Waals surface area contributed by atoms with Crippen LogP contribution in [-0.4, -0.2) is 27.6 Å². The highest BCUT2D eigenvalue weighted by Crippen LogP contribution is 2.32. The third-order valence-corrected chi connectivity index (χ3v) is 6.33. The van der Waals surface area contributed by atoms with E-state index < -0.39 is 11.7 Å². The molecule has 0 radical (unpaired) electrons. The summed E-state index contributed by atoms with van der Waals surface area (Å²) in [6, 6.07) is 14.1. The van der Waals surface area contributed by atoms with Crippen LogP contribution in [0, 0.1) is 0 Å². The number of likely N-dealkylation sites (N-methyl/N-ethyl adjacent to an activating group) is 1. The maximum atomic E-state index is 12.9. The fraction of sp³-hybridized carbons (Fsp3) is 0.240. The lowest BCUT2D eigenvalue weighted by atomic mass is 10.0. The maximum absolute atomic E-state index is 12.9. The molecule has 5 rings (SSSR count). The minimum Gasteiger partial charge on any atom is -0.346 e. The molecule has 172 valence electrons. The van der Waals surface area contributed by atoms with Gasteiger partial charge in [0.2, 0.25) is 0 Å². The molecule has 4 aromatic rings. The molecule has 8 heteroatoms. The average Bonchev–Trinajstić information content (AvgIpc) is 3.04. The zero-order valence-electron chi connectivity index (χ0n) is 18.2. The van der Waals surface area contributed by atoms with Crippen LogP contribution in [-0.2, 0) is 26.2 Å². The van der Waals surface area contributed by atoms with E-state index in [0.717, 1.165) is 42.8 Å². The number of nitrogens with zero attached hydrogens (tertiary/aromatic N) is 3. The predicted octanol–water partition coefficient (Wildman–Crippen LogP) is 5.42. The summed E-state index contributed by atoms with van der Waals surface area (Å²) in [6.07, 6.45) is -1.70. The van der Waals surface area contributed by atoms with Crippen molar-refractivity contribution in [2.24, 2.45) is 7.05 Å². The molecule has 2 aromatic heterocycles. The molecule has 1 aliphatic heterocycles. The van der Waals surface area contributed by atoms with E-state index in [2.05, 4.69) is 29.6 Å². The Hall–Kier alpha value is -3.03. The highest BCUT2D eigenvalue weighted by atomic mass is 35.5. The van der Waals surface area contributed by atoms with Gasteiger partial charge in [0.05, 0.1) is 16.8 Å². The summed E-state index contributed by atoms with van der Waals surface area (Å²) >= 11 is 0. The van der Waals surface area contributed by atoms with Crippen molar-refractivity contribution in [3.05, 3.63) is 88.0 Å². The number of rotatable bonds is 2. The lowest BCUT2D eigenvalue weighted by molar-refractivity contribution is -0.137. The molecule has 0 bridgehead atoms. The Morgan fingerprint density at radius 3 is 2.30 bits per heavy atom. The number of pyridine rings is 1. The third-order valence-electron chi connectivity index (χ3n) is 6.33. The van der Waals surface area contributed by atoms with Gasteiger partial charge in [-0.2, -0.15) is 13.2 Å². The molecule has 0 unspecified atom stereocenters. The van der Waals surface area contributed by atoms with Crippen molar-refractivity contribution in [3.63, 3.8) is 0 Å². The molecule has 0 aliphatic carbocycles. The van der Waals surface area contributed by atoms with Gasteiger partial charge in [0, 0.05) is 43.5 Å². The average molecular weight is 474 g/mol. The Labute approximate surface area is 195 Å². The number of hydrogen-bond acceptors (Lipinski definition) is 2. The number of halogens is 4. The molecular formula is C25H23ClF3N3O. The summed E-state index contributed by atoms with van der Waals surface area (Å²) in [6.45, 7) is 1.93. The summed E-state index contributed by atoms with van der Waals surface area (Å²) in [5.41, 5.74) is 4.72. The second-order valence-corrected chi connectivity index (χ2v) is 8.37. The minimum atomic E-state index is -4.38. The summed E-state index contributed by atoms with van der Waals surface area (Å²) in [4.78, 5) is 15.2.